The lowest BCUT2D eigenvalue weighted by Gasteiger charge is -2.14. The highest BCUT2D eigenvalue weighted by molar-refractivity contribution is 5.93. The highest BCUT2D eigenvalue weighted by Gasteiger charge is 2.35. The van der Waals surface area contributed by atoms with Crippen LogP contribution >= 0.6 is 0 Å². The summed E-state index contributed by atoms with van der Waals surface area (Å²) in [4.78, 5) is 7.23. The van der Waals surface area contributed by atoms with Gasteiger partial charge < -0.3 is 10.6 Å². The van der Waals surface area contributed by atoms with Crippen molar-refractivity contribution < 1.29 is 26.3 Å². The quantitative estimate of drug-likeness (QED) is 0.622. The SMILES string of the molecule is CNc1nc(Nc2cc(C(F)(F)F)cc3c2cnn3CC#N)ncc1C(F)(F)F. The van der Waals surface area contributed by atoms with Crippen molar-refractivity contribution in [3.8, 4) is 6.07 Å². The van der Waals surface area contributed by atoms with E-state index in [1.54, 1.807) is 6.07 Å². The van der Waals surface area contributed by atoms with Gasteiger partial charge in [0.05, 0.1) is 29.0 Å². The Kier molecular flexibility index (Phi) is 4.95. The third-order valence-corrected chi connectivity index (χ3v) is 3.89. The molecule has 0 amide bonds. The van der Waals surface area contributed by atoms with E-state index < -0.39 is 29.3 Å². The molecular formula is C16H11F6N7. The zero-order valence-corrected chi connectivity index (χ0v) is 14.5. The maximum atomic E-state index is 13.3. The molecule has 0 radical (unpaired) electrons. The number of nitrogens with zero attached hydrogens (tertiary/aromatic N) is 5. The van der Waals surface area contributed by atoms with Crippen LogP contribution in [0.15, 0.2) is 24.5 Å². The Balaban J connectivity index is 2.11. The van der Waals surface area contributed by atoms with E-state index in [1.807, 2.05) is 0 Å². The lowest BCUT2D eigenvalue weighted by molar-refractivity contribution is -0.138. The minimum atomic E-state index is -4.71. The van der Waals surface area contributed by atoms with Gasteiger partial charge in [-0.15, -0.1) is 0 Å². The molecule has 13 heteroatoms. The summed E-state index contributed by atoms with van der Waals surface area (Å²) < 4.78 is 79.8. The minimum absolute atomic E-state index is 0.0182. The molecule has 152 valence electrons. The second-order valence-electron chi connectivity index (χ2n) is 5.74. The Labute approximate surface area is 159 Å². The van der Waals surface area contributed by atoms with Crippen LogP contribution in [0.25, 0.3) is 10.9 Å². The van der Waals surface area contributed by atoms with Crippen molar-refractivity contribution in [1.82, 2.24) is 19.7 Å². The fourth-order valence-corrected chi connectivity index (χ4v) is 2.60. The van der Waals surface area contributed by atoms with Gasteiger partial charge in [-0.2, -0.15) is 41.7 Å². The molecule has 0 unspecified atom stereocenters. The van der Waals surface area contributed by atoms with Crippen LogP contribution in [0.5, 0.6) is 0 Å². The molecule has 0 aliphatic heterocycles. The first-order valence-electron chi connectivity index (χ1n) is 7.87. The summed E-state index contributed by atoms with van der Waals surface area (Å²) in [6, 6.07) is 3.38. The van der Waals surface area contributed by atoms with E-state index in [0.717, 1.165) is 16.8 Å². The summed E-state index contributed by atoms with van der Waals surface area (Å²) in [5.74, 6) is -0.894. The number of benzene rings is 1. The van der Waals surface area contributed by atoms with Gasteiger partial charge in [0.1, 0.15) is 17.9 Å². The molecule has 0 saturated carbocycles. The van der Waals surface area contributed by atoms with E-state index in [1.165, 1.54) is 13.2 Å². The van der Waals surface area contributed by atoms with Gasteiger partial charge in [-0.1, -0.05) is 0 Å². The van der Waals surface area contributed by atoms with Crippen molar-refractivity contribution in [1.29, 1.82) is 5.26 Å². The Morgan fingerprint density at radius 3 is 2.41 bits per heavy atom. The first kappa shape index (κ1) is 20.2. The molecule has 0 fully saturated rings. The van der Waals surface area contributed by atoms with Crippen LogP contribution in [0.2, 0.25) is 0 Å². The molecule has 0 saturated heterocycles. The number of fused-ring (bicyclic) bond motifs is 1. The molecule has 0 aliphatic rings. The molecule has 7 nitrogen and oxygen atoms in total. The average molecular weight is 415 g/mol. The predicted molar refractivity (Wildman–Crippen MR) is 90.2 cm³/mol. The van der Waals surface area contributed by atoms with E-state index in [4.69, 9.17) is 5.26 Å². The maximum absolute atomic E-state index is 13.3. The van der Waals surface area contributed by atoms with E-state index in [0.29, 0.717) is 6.20 Å². The van der Waals surface area contributed by atoms with Gasteiger partial charge in [-0.25, -0.2) is 4.98 Å². The van der Waals surface area contributed by atoms with Crippen LogP contribution < -0.4 is 10.6 Å². The zero-order valence-electron chi connectivity index (χ0n) is 14.5. The number of nitrogens with one attached hydrogen (secondary N) is 2. The predicted octanol–water partition coefficient (Wildman–Crippen LogP) is 4.17. The summed E-state index contributed by atoms with van der Waals surface area (Å²) in [6.45, 7) is -0.287. The second-order valence-corrected chi connectivity index (χ2v) is 5.74. The number of hydrogen-bond acceptors (Lipinski definition) is 6. The minimum Gasteiger partial charge on any atom is -0.372 e. The van der Waals surface area contributed by atoms with Crippen LogP contribution in [0, 0.1) is 11.3 Å². The van der Waals surface area contributed by atoms with Gasteiger partial charge in [0, 0.05) is 18.6 Å². The average Bonchev–Trinajstić information content (AvgIpc) is 3.03. The van der Waals surface area contributed by atoms with Crippen molar-refractivity contribution in [2.24, 2.45) is 0 Å². The summed E-state index contributed by atoms with van der Waals surface area (Å²) >= 11 is 0. The summed E-state index contributed by atoms with van der Waals surface area (Å²) in [5.41, 5.74) is -2.26. The van der Waals surface area contributed by atoms with Gasteiger partial charge in [0.2, 0.25) is 5.95 Å². The maximum Gasteiger partial charge on any atom is 0.421 e. The number of halogens is 6. The van der Waals surface area contributed by atoms with E-state index in [9.17, 15) is 26.3 Å². The monoisotopic (exact) mass is 415 g/mol. The van der Waals surface area contributed by atoms with Gasteiger partial charge in [0.15, 0.2) is 0 Å². The van der Waals surface area contributed by atoms with Crippen molar-refractivity contribution in [3.05, 3.63) is 35.7 Å². The highest BCUT2D eigenvalue weighted by Crippen LogP contribution is 2.37. The Bertz CT molecular complexity index is 1090. The Morgan fingerprint density at radius 2 is 1.83 bits per heavy atom. The number of anilines is 3. The number of alkyl halides is 6. The molecule has 0 atom stereocenters. The number of nitriles is 1. The van der Waals surface area contributed by atoms with Crippen molar-refractivity contribution in [3.63, 3.8) is 0 Å². The van der Waals surface area contributed by atoms with E-state index in [-0.39, 0.29) is 29.1 Å². The Hall–Kier alpha value is -3.56. The molecular weight excluding hydrogens is 404 g/mol. The molecule has 2 N–H and O–H groups in total. The molecule has 3 aromatic rings. The fourth-order valence-electron chi connectivity index (χ4n) is 2.60. The standard InChI is InChI=1S/C16H11F6N7/c1-24-13-10(16(20,21)22)7-25-14(28-13)27-11-4-8(15(17,18)19)5-12-9(11)6-26-29(12)3-2-23/h4-7H,3H2,1H3,(H2,24,25,27,28). The second kappa shape index (κ2) is 7.12. The number of aromatic nitrogens is 4. The molecule has 2 aromatic heterocycles. The van der Waals surface area contributed by atoms with Crippen molar-refractivity contribution >= 4 is 28.4 Å². The summed E-state index contributed by atoms with van der Waals surface area (Å²) in [5, 5.41) is 17.7. The van der Waals surface area contributed by atoms with Crippen LogP contribution in [0.1, 0.15) is 11.1 Å². The summed E-state index contributed by atoms with van der Waals surface area (Å²) in [7, 11) is 1.22. The molecule has 1 aromatic carbocycles. The molecule has 0 spiro atoms. The summed E-state index contributed by atoms with van der Waals surface area (Å²) in [6.07, 6.45) is -7.66. The van der Waals surface area contributed by atoms with Crippen LogP contribution in [0.4, 0.5) is 43.8 Å². The van der Waals surface area contributed by atoms with E-state index >= 15 is 0 Å². The van der Waals surface area contributed by atoms with Crippen molar-refractivity contribution in [2.45, 2.75) is 18.9 Å². The number of rotatable bonds is 4. The van der Waals surface area contributed by atoms with Gasteiger partial charge in [0.25, 0.3) is 0 Å². The first-order valence-corrected chi connectivity index (χ1v) is 7.87. The Morgan fingerprint density at radius 1 is 1.10 bits per heavy atom. The molecule has 0 bridgehead atoms. The van der Waals surface area contributed by atoms with Gasteiger partial charge in [-0.05, 0) is 12.1 Å². The molecule has 3 rings (SSSR count). The molecule has 0 aliphatic carbocycles. The molecule has 29 heavy (non-hydrogen) atoms. The van der Waals surface area contributed by atoms with E-state index in [2.05, 4.69) is 25.7 Å². The van der Waals surface area contributed by atoms with Gasteiger partial charge in [-0.3, -0.25) is 4.68 Å². The largest absolute Gasteiger partial charge is 0.421 e. The number of hydrogen-bond donors (Lipinski definition) is 2. The topological polar surface area (TPSA) is 91.5 Å². The smallest absolute Gasteiger partial charge is 0.372 e. The van der Waals surface area contributed by atoms with Crippen LogP contribution in [-0.4, -0.2) is 26.8 Å². The third-order valence-electron chi connectivity index (χ3n) is 3.89. The van der Waals surface area contributed by atoms with Crippen LogP contribution in [0.3, 0.4) is 0 Å². The third kappa shape index (κ3) is 4.00. The first-order chi connectivity index (χ1) is 13.5. The lowest BCUT2D eigenvalue weighted by Crippen LogP contribution is -2.13. The molecule has 2 heterocycles. The fraction of sp³-hybridized carbons (Fsp3) is 0.250. The van der Waals surface area contributed by atoms with Crippen molar-refractivity contribution in [2.75, 3.05) is 17.7 Å². The van der Waals surface area contributed by atoms with Gasteiger partial charge >= 0.3 is 12.4 Å². The zero-order chi connectivity index (χ0) is 21.4. The normalized spacial score (nSPS) is 12.1. The lowest BCUT2D eigenvalue weighted by atomic mass is 10.1. The highest BCUT2D eigenvalue weighted by atomic mass is 19.4. The van der Waals surface area contributed by atoms with Crippen LogP contribution in [-0.2, 0) is 18.9 Å².